The van der Waals surface area contributed by atoms with Gasteiger partial charge in [0.1, 0.15) is 0 Å². The molecule has 1 heterocycles. The van der Waals surface area contributed by atoms with Gasteiger partial charge in [-0.15, -0.1) is 0 Å². The first kappa shape index (κ1) is 10.7. The lowest BCUT2D eigenvalue weighted by atomic mass is 9.99. The van der Waals surface area contributed by atoms with Crippen LogP contribution in [0.1, 0.15) is 13.3 Å². The van der Waals surface area contributed by atoms with Gasteiger partial charge in [-0.3, -0.25) is 4.79 Å². The van der Waals surface area contributed by atoms with Crippen LogP contribution in [0.15, 0.2) is 54.6 Å². The van der Waals surface area contributed by atoms with Crippen molar-refractivity contribution in [2.24, 2.45) is 0 Å². The lowest BCUT2D eigenvalue weighted by Gasteiger charge is -2.33. The molecule has 1 aliphatic heterocycles. The predicted molar refractivity (Wildman–Crippen MR) is 66.3 cm³/mol. The van der Waals surface area contributed by atoms with E-state index in [1.54, 1.807) is 6.08 Å². The second kappa shape index (κ2) is 4.35. The summed E-state index contributed by atoms with van der Waals surface area (Å²) in [4.78, 5) is 13.7. The van der Waals surface area contributed by atoms with Crippen LogP contribution >= 0.6 is 0 Å². The van der Waals surface area contributed by atoms with E-state index >= 15 is 0 Å². The summed E-state index contributed by atoms with van der Waals surface area (Å²) < 4.78 is 0. The molecule has 0 bridgehead atoms. The standard InChI is InChI=1S/C14H15NO/c1-3-13-11(2)9-10-14(16)15(13)12-7-5-4-6-8-12/h4-10,13H,2-3H2,1H3. The maximum absolute atomic E-state index is 11.9. The van der Waals surface area contributed by atoms with Gasteiger partial charge in [-0.2, -0.15) is 0 Å². The van der Waals surface area contributed by atoms with E-state index in [1.807, 2.05) is 41.3 Å². The van der Waals surface area contributed by atoms with Crippen LogP contribution in [0, 0.1) is 0 Å². The molecule has 16 heavy (non-hydrogen) atoms. The maximum Gasteiger partial charge on any atom is 0.251 e. The van der Waals surface area contributed by atoms with Crippen LogP contribution in [0.2, 0.25) is 0 Å². The number of para-hydroxylation sites is 1. The SMILES string of the molecule is C=C1C=CC(=O)N(c2ccccc2)C1CC. The third kappa shape index (κ3) is 1.78. The summed E-state index contributed by atoms with van der Waals surface area (Å²) in [7, 11) is 0. The van der Waals surface area contributed by atoms with E-state index in [4.69, 9.17) is 0 Å². The van der Waals surface area contributed by atoms with Crippen LogP contribution in [0.25, 0.3) is 0 Å². The van der Waals surface area contributed by atoms with E-state index in [0.717, 1.165) is 17.7 Å². The third-order valence-corrected chi connectivity index (χ3v) is 2.84. The summed E-state index contributed by atoms with van der Waals surface area (Å²) in [6.45, 7) is 6.06. The van der Waals surface area contributed by atoms with Gasteiger partial charge < -0.3 is 4.90 Å². The quantitative estimate of drug-likeness (QED) is 0.739. The minimum atomic E-state index is 0.0328. The maximum atomic E-state index is 11.9. The van der Waals surface area contributed by atoms with Gasteiger partial charge in [0.15, 0.2) is 0 Å². The molecule has 1 aromatic rings. The van der Waals surface area contributed by atoms with Crippen molar-refractivity contribution in [3.63, 3.8) is 0 Å². The van der Waals surface area contributed by atoms with Crippen LogP contribution < -0.4 is 4.90 Å². The zero-order valence-corrected chi connectivity index (χ0v) is 9.39. The molecule has 2 nitrogen and oxygen atoms in total. The number of carbonyl (C=O) groups is 1. The van der Waals surface area contributed by atoms with Gasteiger partial charge in [0, 0.05) is 11.8 Å². The van der Waals surface area contributed by atoms with Crippen molar-refractivity contribution >= 4 is 11.6 Å². The highest BCUT2D eigenvalue weighted by atomic mass is 16.2. The predicted octanol–water partition coefficient (Wildman–Crippen LogP) is 2.92. The molecular formula is C14H15NO. The number of nitrogens with zero attached hydrogens (tertiary/aromatic N) is 1. The topological polar surface area (TPSA) is 20.3 Å². The Hall–Kier alpha value is -1.83. The van der Waals surface area contributed by atoms with E-state index < -0.39 is 0 Å². The molecule has 0 fully saturated rings. The molecule has 0 aromatic heterocycles. The van der Waals surface area contributed by atoms with Crippen molar-refractivity contribution in [3.05, 3.63) is 54.6 Å². The Morgan fingerprint density at radius 1 is 1.25 bits per heavy atom. The summed E-state index contributed by atoms with van der Waals surface area (Å²) in [6, 6.07) is 9.82. The molecular weight excluding hydrogens is 198 g/mol. The first-order valence-corrected chi connectivity index (χ1v) is 5.49. The smallest absolute Gasteiger partial charge is 0.251 e. The normalized spacial score (nSPS) is 20.3. The van der Waals surface area contributed by atoms with Crippen molar-refractivity contribution in [3.8, 4) is 0 Å². The second-order valence-electron chi connectivity index (χ2n) is 3.88. The van der Waals surface area contributed by atoms with Crippen molar-refractivity contribution in [2.75, 3.05) is 4.90 Å². The molecule has 0 radical (unpaired) electrons. The number of amides is 1. The molecule has 1 amide bonds. The Kier molecular flexibility index (Phi) is 2.91. The summed E-state index contributed by atoms with van der Waals surface area (Å²) in [5, 5.41) is 0. The molecule has 82 valence electrons. The number of carbonyl (C=O) groups excluding carboxylic acids is 1. The fourth-order valence-corrected chi connectivity index (χ4v) is 2.03. The van der Waals surface area contributed by atoms with E-state index in [9.17, 15) is 4.79 Å². The number of rotatable bonds is 2. The molecule has 0 aliphatic carbocycles. The Bertz CT molecular complexity index is 433. The summed E-state index contributed by atoms with van der Waals surface area (Å²) in [5.74, 6) is 0.0328. The molecule has 2 heteroatoms. The van der Waals surface area contributed by atoms with E-state index in [0.29, 0.717) is 0 Å². The molecule has 0 saturated carbocycles. The van der Waals surface area contributed by atoms with E-state index in [-0.39, 0.29) is 11.9 Å². The Balaban J connectivity index is 2.41. The molecule has 2 rings (SSSR count). The average Bonchev–Trinajstić information content (AvgIpc) is 2.33. The lowest BCUT2D eigenvalue weighted by molar-refractivity contribution is -0.114. The number of anilines is 1. The van der Waals surface area contributed by atoms with Gasteiger partial charge in [-0.05, 0) is 24.1 Å². The highest BCUT2D eigenvalue weighted by Crippen LogP contribution is 2.26. The first-order chi connectivity index (χ1) is 7.74. The zero-order valence-electron chi connectivity index (χ0n) is 9.39. The van der Waals surface area contributed by atoms with Crippen molar-refractivity contribution in [2.45, 2.75) is 19.4 Å². The Morgan fingerprint density at radius 2 is 1.94 bits per heavy atom. The molecule has 0 saturated heterocycles. The molecule has 0 N–H and O–H groups in total. The van der Waals surface area contributed by atoms with E-state index in [1.165, 1.54) is 0 Å². The van der Waals surface area contributed by atoms with Crippen LogP contribution in [0.4, 0.5) is 5.69 Å². The largest absolute Gasteiger partial charge is 0.301 e. The minimum Gasteiger partial charge on any atom is -0.301 e. The first-order valence-electron chi connectivity index (χ1n) is 5.49. The van der Waals surface area contributed by atoms with Crippen LogP contribution in [-0.4, -0.2) is 11.9 Å². The lowest BCUT2D eigenvalue weighted by Crippen LogP contribution is -2.42. The van der Waals surface area contributed by atoms with Crippen molar-refractivity contribution in [1.82, 2.24) is 0 Å². The number of benzene rings is 1. The summed E-state index contributed by atoms with van der Waals surface area (Å²) in [5.41, 5.74) is 1.93. The fraction of sp³-hybridized carbons (Fsp3) is 0.214. The zero-order chi connectivity index (χ0) is 11.5. The molecule has 1 unspecified atom stereocenters. The van der Waals surface area contributed by atoms with Gasteiger partial charge in [0.25, 0.3) is 5.91 Å². The van der Waals surface area contributed by atoms with Gasteiger partial charge in [0.05, 0.1) is 6.04 Å². The summed E-state index contributed by atoms with van der Waals surface area (Å²) in [6.07, 6.45) is 4.28. The van der Waals surface area contributed by atoms with E-state index in [2.05, 4.69) is 13.5 Å². The van der Waals surface area contributed by atoms with Gasteiger partial charge >= 0.3 is 0 Å². The van der Waals surface area contributed by atoms with Gasteiger partial charge in [-0.25, -0.2) is 0 Å². The van der Waals surface area contributed by atoms with Crippen molar-refractivity contribution in [1.29, 1.82) is 0 Å². The molecule has 0 spiro atoms. The average molecular weight is 213 g/mol. The Labute approximate surface area is 95.9 Å². The highest BCUT2D eigenvalue weighted by molar-refractivity contribution is 6.04. The molecule has 1 aliphatic rings. The number of hydrogen-bond donors (Lipinski definition) is 0. The summed E-state index contributed by atoms with van der Waals surface area (Å²) >= 11 is 0. The van der Waals surface area contributed by atoms with Crippen molar-refractivity contribution < 1.29 is 4.79 Å². The Morgan fingerprint density at radius 3 is 2.56 bits per heavy atom. The van der Waals surface area contributed by atoms with Gasteiger partial charge in [-0.1, -0.05) is 37.8 Å². The van der Waals surface area contributed by atoms with Crippen LogP contribution in [-0.2, 0) is 4.79 Å². The highest BCUT2D eigenvalue weighted by Gasteiger charge is 2.26. The monoisotopic (exact) mass is 213 g/mol. The third-order valence-electron chi connectivity index (χ3n) is 2.84. The van der Waals surface area contributed by atoms with Crippen LogP contribution in [0.5, 0.6) is 0 Å². The second-order valence-corrected chi connectivity index (χ2v) is 3.88. The van der Waals surface area contributed by atoms with Crippen LogP contribution in [0.3, 0.4) is 0 Å². The fourth-order valence-electron chi connectivity index (χ4n) is 2.03. The molecule has 1 atom stereocenters. The van der Waals surface area contributed by atoms with Gasteiger partial charge in [0.2, 0.25) is 0 Å². The minimum absolute atomic E-state index is 0.0328. The molecule has 1 aromatic carbocycles. The number of hydrogen-bond acceptors (Lipinski definition) is 1.